The van der Waals surface area contributed by atoms with E-state index in [2.05, 4.69) is 0 Å². The van der Waals surface area contributed by atoms with Crippen molar-refractivity contribution in [3.8, 4) is 0 Å². The van der Waals surface area contributed by atoms with Crippen LogP contribution < -0.4 is 0 Å². The number of rotatable bonds is 6. The summed E-state index contributed by atoms with van der Waals surface area (Å²) in [6.45, 7) is 1.39. The standard InChI is InChI=1S/C12H24N2O3/c1-13(2)8-10-7-11(16)9-14(10)12(17)5-3-4-6-15/h10-11,15-16H,3-9H2,1-2H3. The van der Waals surface area contributed by atoms with Crippen LogP contribution >= 0.6 is 0 Å². The number of amides is 1. The van der Waals surface area contributed by atoms with Gasteiger partial charge in [0.05, 0.1) is 6.10 Å². The molecule has 1 fully saturated rings. The minimum atomic E-state index is -0.387. The van der Waals surface area contributed by atoms with Gasteiger partial charge in [0.15, 0.2) is 0 Å². The normalized spacial score (nSPS) is 24.6. The highest BCUT2D eigenvalue weighted by atomic mass is 16.3. The summed E-state index contributed by atoms with van der Waals surface area (Å²) < 4.78 is 0. The van der Waals surface area contributed by atoms with Crippen LogP contribution in [0.4, 0.5) is 0 Å². The fourth-order valence-corrected chi connectivity index (χ4v) is 2.32. The third-order valence-corrected chi connectivity index (χ3v) is 3.09. The molecule has 0 aliphatic carbocycles. The summed E-state index contributed by atoms with van der Waals surface area (Å²) in [6.07, 6.45) is 2.14. The highest BCUT2D eigenvalue weighted by molar-refractivity contribution is 5.76. The van der Waals surface area contributed by atoms with Crippen molar-refractivity contribution >= 4 is 5.91 Å². The van der Waals surface area contributed by atoms with E-state index in [0.29, 0.717) is 25.8 Å². The first-order valence-corrected chi connectivity index (χ1v) is 6.27. The topological polar surface area (TPSA) is 64.0 Å². The number of aliphatic hydroxyl groups is 2. The quantitative estimate of drug-likeness (QED) is 0.628. The Kier molecular flexibility index (Phi) is 5.88. The molecular weight excluding hydrogens is 220 g/mol. The van der Waals surface area contributed by atoms with Crippen molar-refractivity contribution in [2.45, 2.75) is 37.8 Å². The van der Waals surface area contributed by atoms with Crippen molar-refractivity contribution in [3.05, 3.63) is 0 Å². The maximum absolute atomic E-state index is 12.0. The summed E-state index contributed by atoms with van der Waals surface area (Å²) in [5.41, 5.74) is 0. The van der Waals surface area contributed by atoms with Gasteiger partial charge in [-0.25, -0.2) is 0 Å². The van der Waals surface area contributed by atoms with Gasteiger partial charge in [0, 0.05) is 32.2 Å². The Bertz CT molecular complexity index is 246. The minimum Gasteiger partial charge on any atom is -0.396 e. The Morgan fingerprint density at radius 3 is 2.71 bits per heavy atom. The number of nitrogens with zero attached hydrogens (tertiary/aromatic N) is 2. The van der Waals surface area contributed by atoms with Crippen molar-refractivity contribution in [2.75, 3.05) is 33.8 Å². The summed E-state index contributed by atoms with van der Waals surface area (Å²) in [6, 6.07) is 0.127. The molecule has 1 heterocycles. The van der Waals surface area contributed by atoms with E-state index in [1.165, 1.54) is 0 Å². The fraction of sp³-hybridized carbons (Fsp3) is 0.917. The molecule has 5 nitrogen and oxygen atoms in total. The number of hydrogen-bond acceptors (Lipinski definition) is 4. The molecule has 17 heavy (non-hydrogen) atoms. The maximum atomic E-state index is 12.0. The van der Waals surface area contributed by atoms with Crippen LogP contribution in [-0.4, -0.2) is 71.9 Å². The Morgan fingerprint density at radius 2 is 2.12 bits per heavy atom. The van der Waals surface area contributed by atoms with Crippen molar-refractivity contribution in [2.24, 2.45) is 0 Å². The van der Waals surface area contributed by atoms with E-state index in [4.69, 9.17) is 5.11 Å². The van der Waals surface area contributed by atoms with Gasteiger partial charge in [-0.15, -0.1) is 0 Å². The van der Waals surface area contributed by atoms with Crippen molar-refractivity contribution < 1.29 is 15.0 Å². The van der Waals surface area contributed by atoms with Crippen molar-refractivity contribution in [1.82, 2.24) is 9.80 Å². The molecule has 1 aliphatic heterocycles. The van der Waals surface area contributed by atoms with Crippen LogP contribution in [0.3, 0.4) is 0 Å². The van der Waals surface area contributed by atoms with Crippen LogP contribution in [0, 0.1) is 0 Å². The third kappa shape index (κ3) is 4.61. The molecule has 0 aromatic rings. The lowest BCUT2D eigenvalue weighted by Gasteiger charge is -2.26. The van der Waals surface area contributed by atoms with E-state index in [0.717, 1.165) is 13.0 Å². The zero-order valence-electron chi connectivity index (χ0n) is 10.8. The van der Waals surface area contributed by atoms with Crippen molar-refractivity contribution in [1.29, 1.82) is 0 Å². The summed E-state index contributed by atoms with van der Waals surface area (Å²) in [7, 11) is 3.94. The summed E-state index contributed by atoms with van der Waals surface area (Å²) >= 11 is 0. The molecule has 0 spiro atoms. The fourth-order valence-electron chi connectivity index (χ4n) is 2.32. The van der Waals surface area contributed by atoms with Gasteiger partial charge in [-0.2, -0.15) is 0 Å². The van der Waals surface area contributed by atoms with Gasteiger partial charge in [0.1, 0.15) is 0 Å². The molecule has 0 saturated carbocycles. The average molecular weight is 244 g/mol. The lowest BCUT2D eigenvalue weighted by atomic mass is 10.1. The summed E-state index contributed by atoms with van der Waals surface area (Å²) in [4.78, 5) is 15.8. The predicted octanol–water partition coefficient (Wildman–Crippen LogP) is -0.328. The Morgan fingerprint density at radius 1 is 1.41 bits per heavy atom. The highest BCUT2D eigenvalue weighted by Crippen LogP contribution is 2.20. The molecule has 1 saturated heterocycles. The average Bonchev–Trinajstić information content (AvgIpc) is 2.58. The first-order chi connectivity index (χ1) is 8.04. The highest BCUT2D eigenvalue weighted by Gasteiger charge is 2.33. The molecule has 0 aromatic heterocycles. The van der Waals surface area contributed by atoms with Crippen LogP contribution in [0.1, 0.15) is 25.7 Å². The molecule has 2 unspecified atom stereocenters. The zero-order valence-corrected chi connectivity index (χ0v) is 10.8. The Balaban J connectivity index is 2.45. The van der Waals surface area contributed by atoms with Crippen molar-refractivity contribution in [3.63, 3.8) is 0 Å². The van der Waals surface area contributed by atoms with E-state index < -0.39 is 0 Å². The molecule has 0 bridgehead atoms. The zero-order chi connectivity index (χ0) is 12.8. The predicted molar refractivity (Wildman–Crippen MR) is 65.6 cm³/mol. The molecule has 5 heteroatoms. The number of unbranched alkanes of at least 4 members (excludes halogenated alkanes) is 1. The largest absolute Gasteiger partial charge is 0.396 e. The SMILES string of the molecule is CN(C)CC1CC(O)CN1C(=O)CCCCO. The molecule has 1 aliphatic rings. The first kappa shape index (κ1) is 14.4. The molecule has 2 N–H and O–H groups in total. The van der Waals surface area contributed by atoms with Gasteiger partial charge in [-0.1, -0.05) is 0 Å². The van der Waals surface area contributed by atoms with Crippen LogP contribution in [0.5, 0.6) is 0 Å². The van der Waals surface area contributed by atoms with E-state index >= 15 is 0 Å². The second kappa shape index (κ2) is 6.93. The summed E-state index contributed by atoms with van der Waals surface area (Å²) in [5, 5.41) is 18.3. The van der Waals surface area contributed by atoms with Crippen LogP contribution in [0.15, 0.2) is 0 Å². The monoisotopic (exact) mass is 244 g/mol. The van der Waals surface area contributed by atoms with Gasteiger partial charge >= 0.3 is 0 Å². The molecule has 2 atom stereocenters. The molecular formula is C12H24N2O3. The van der Waals surface area contributed by atoms with Gasteiger partial charge in [-0.3, -0.25) is 4.79 Å². The van der Waals surface area contributed by atoms with Crippen LogP contribution in [0.2, 0.25) is 0 Å². The molecule has 0 radical (unpaired) electrons. The van der Waals surface area contributed by atoms with Crippen LogP contribution in [-0.2, 0) is 4.79 Å². The lowest BCUT2D eigenvalue weighted by Crippen LogP contribution is -2.41. The second-order valence-electron chi connectivity index (χ2n) is 5.03. The van der Waals surface area contributed by atoms with E-state index in [1.807, 2.05) is 19.0 Å². The molecule has 1 amide bonds. The van der Waals surface area contributed by atoms with Gasteiger partial charge in [0.25, 0.3) is 0 Å². The smallest absolute Gasteiger partial charge is 0.222 e. The summed E-state index contributed by atoms with van der Waals surface area (Å²) in [5.74, 6) is 0.0989. The lowest BCUT2D eigenvalue weighted by molar-refractivity contribution is -0.132. The van der Waals surface area contributed by atoms with E-state index in [-0.39, 0.29) is 24.7 Å². The number of β-amino-alcohol motifs (C(OH)–C–C–N with tert-alkyl or cyclic N) is 1. The van der Waals surface area contributed by atoms with E-state index in [1.54, 1.807) is 4.90 Å². The van der Waals surface area contributed by atoms with Crippen LogP contribution in [0.25, 0.3) is 0 Å². The Labute approximate surface area is 103 Å². The number of hydrogen-bond donors (Lipinski definition) is 2. The number of carbonyl (C=O) groups excluding carboxylic acids is 1. The van der Waals surface area contributed by atoms with Gasteiger partial charge in [-0.05, 0) is 33.4 Å². The number of carbonyl (C=O) groups is 1. The molecule has 1 rings (SSSR count). The van der Waals surface area contributed by atoms with Gasteiger partial charge in [0.2, 0.25) is 5.91 Å². The Hall–Kier alpha value is -0.650. The van der Waals surface area contributed by atoms with E-state index in [9.17, 15) is 9.90 Å². The second-order valence-corrected chi connectivity index (χ2v) is 5.03. The minimum absolute atomic E-state index is 0.0989. The number of aliphatic hydroxyl groups excluding tert-OH is 2. The molecule has 100 valence electrons. The maximum Gasteiger partial charge on any atom is 0.222 e. The first-order valence-electron chi connectivity index (χ1n) is 6.27. The van der Waals surface area contributed by atoms with Gasteiger partial charge < -0.3 is 20.0 Å². The molecule has 0 aromatic carbocycles. The number of likely N-dealkylation sites (N-methyl/N-ethyl adjacent to an activating group) is 1. The third-order valence-electron chi connectivity index (χ3n) is 3.09. The number of likely N-dealkylation sites (tertiary alicyclic amines) is 1.